The number of amides is 2. The molecule has 0 aromatic rings. The standard InChI is InChI=1S/C23H33N5O4S/c1-16-7-9-21(14-18(16)3)28(23(29)27-10-12-33(30,31)13-11-27)15-20(24-5)8-6-17(2)22-26-25-19(4)32-22/h6-9,18,22,26H,5,10-15H2,1-4H3/b17-6+,20-8-/t18-,22?/m0/s1. The third-order valence-electron chi connectivity index (χ3n) is 6.13. The quantitative estimate of drug-likeness (QED) is 0.470. The molecule has 1 aliphatic carbocycles. The first kappa shape index (κ1) is 24.8. The molecule has 1 fully saturated rings. The lowest BCUT2D eigenvalue weighted by Gasteiger charge is -2.35. The highest BCUT2D eigenvalue weighted by Crippen LogP contribution is 2.28. The van der Waals surface area contributed by atoms with Crippen LogP contribution in [0.25, 0.3) is 0 Å². The fraction of sp³-hybridized carbons (Fsp3) is 0.522. The Hall–Kier alpha value is -2.88. The van der Waals surface area contributed by atoms with Crippen molar-refractivity contribution in [1.82, 2.24) is 15.2 Å². The number of ether oxygens (including phenoxy) is 1. The van der Waals surface area contributed by atoms with Crippen LogP contribution in [-0.2, 0) is 14.6 Å². The summed E-state index contributed by atoms with van der Waals surface area (Å²) in [5.74, 6) is 0.852. The first-order valence-corrected chi connectivity index (χ1v) is 12.9. The predicted molar refractivity (Wildman–Crippen MR) is 130 cm³/mol. The number of hydrogen-bond donors (Lipinski definition) is 1. The van der Waals surface area contributed by atoms with Gasteiger partial charge in [0.1, 0.15) is 0 Å². The average molecular weight is 476 g/mol. The van der Waals surface area contributed by atoms with Crippen molar-refractivity contribution in [3.05, 3.63) is 46.8 Å². The van der Waals surface area contributed by atoms with Gasteiger partial charge in [0, 0.05) is 25.7 Å². The van der Waals surface area contributed by atoms with E-state index in [1.54, 1.807) is 16.7 Å². The molecule has 0 aromatic carbocycles. The van der Waals surface area contributed by atoms with Crippen molar-refractivity contribution in [3.63, 3.8) is 0 Å². The van der Waals surface area contributed by atoms with Crippen molar-refractivity contribution in [1.29, 1.82) is 0 Å². The monoisotopic (exact) mass is 475 g/mol. The summed E-state index contributed by atoms with van der Waals surface area (Å²) in [7, 11) is -3.09. The fourth-order valence-electron chi connectivity index (χ4n) is 3.70. The summed E-state index contributed by atoms with van der Waals surface area (Å²) in [4.78, 5) is 20.9. The second kappa shape index (κ2) is 10.4. The Morgan fingerprint density at radius 3 is 2.61 bits per heavy atom. The van der Waals surface area contributed by atoms with Crippen LogP contribution < -0.4 is 5.43 Å². The lowest BCUT2D eigenvalue weighted by atomic mass is 9.92. The molecule has 2 atom stereocenters. The molecule has 1 saturated heterocycles. The zero-order valence-corrected chi connectivity index (χ0v) is 20.6. The van der Waals surface area contributed by atoms with Gasteiger partial charge in [-0.1, -0.05) is 24.6 Å². The Morgan fingerprint density at radius 1 is 1.33 bits per heavy atom. The first-order valence-electron chi connectivity index (χ1n) is 11.0. The number of urea groups is 1. The maximum Gasteiger partial charge on any atom is 0.324 e. The van der Waals surface area contributed by atoms with E-state index in [0.29, 0.717) is 17.5 Å². The molecular weight excluding hydrogens is 442 g/mol. The van der Waals surface area contributed by atoms with Crippen LogP contribution in [0.5, 0.6) is 0 Å². The summed E-state index contributed by atoms with van der Waals surface area (Å²) in [6.45, 7) is 12.2. The molecule has 3 aliphatic rings. The summed E-state index contributed by atoms with van der Waals surface area (Å²) in [5, 5.41) is 4.03. The van der Waals surface area contributed by atoms with Crippen LogP contribution in [-0.4, -0.2) is 74.2 Å². The number of sulfone groups is 1. The van der Waals surface area contributed by atoms with E-state index in [1.165, 1.54) is 5.57 Å². The fourth-order valence-corrected chi connectivity index (χ4v) is 4.90. The van der Waals surface area contributed by atoms with E-state index in [9.17, 15) is 13.2 Å². The Morgan fingerprint density at radius 2 is 2.03 bits per heavy atom. The maximum atomic E-state index is 13.5. The molecule has 1 unspecified atom stereocenters. The molecule has 0 saturated carbocycles. The Bertz CT molecular complexity index is 1040. The number of carbonyl (C=O) groups excluding carboxylic acids is 1. The van der Waals surface area contributed by atoms with Gasteiger partial charge in [0.05, 0.1) is 23.7 Å². The first-order chi connectivity index (χ1) is 15.6. The van der Waals surface area contributed by atoms with Crippen molar-refractivity contribution in [2.45, 2.75) is 40.3 Å². The highest BCUT2D eigenvalue weighted by Gasteiger charge is 2.31. The van der Waals surface area contributed by atoms with Crippen molar-refractivity contribution in [2.24, 2.45) is 16.0 Å². The minimum absolute atomic E-state index is 0.0126. The molecule has 0 spiro atoms. The van der Waals surface area contributed by atoms with E-state index in [4.69, 9.17) is 4.74 Å². The number of hydrogen-bond acceptors (Lipinski definition) is 7. The van der Waals surface area contributed by atoms with Gasteiger partial charge in [-0.3, -0.25) is 15.3 Å². The predicted octanol–water partition coefficient (Wildman–Crippen LogP) is 2.82. The molecule has 3 rings (SSSR count). The molecule has 0 aromatic heterocycles. The Labute approximate surface area is 196 Å². The second-order valence-electron chi connectivity index (χ2n) is 8.67. The number of rotatable bonds is 6. The van der Waals surface area contributed by atoms with Crippen LogP contribution >= 0.6 is 0 Å². The Balaban J connectivity index is 1.82. The van der Waals surface area contributed by atoms with Crippen molar-refractivity contribution >= 4 is 28.5 Å². The van der Waals surface area contributed by atoms with Crippen molar-refractivity contribution in [3.8, 4) is 0 Å². The molecule has 33 heavy (non-hydrogen) atoms. The van der Waals surface area contributed by atoms with E-state index in [1.807, 2.05) is 31.2 Å². The molecule has 10 heteroatoms. The average Bonchev–Trinajstić information content (AvgIpc) is 3.22. The normalized spacial score (nSPS) is 25.3. The molecular formula is C23H33N5O4S. The Kier molecular flexibility index (Phi) is 7.78. The van der Waals surface area contributed by atoms with E-state index in [0.717, 1.165) is 17.7 Å². The lowest BCUT2D eigenvalue weighted by Crippen LogP contribution is -2.50. The summed E-state index contributed by atoms with van der Waals surface area (Å²) >= 11 is 0. The van der Waals surface area contributed by atoms with Gasteiger partial charge in [-0.2, -0.15) is 0 Å². The second-order valence-corrected chi connectivity index (χ2v) is 11.0. The number of allylic oxidation sites excluding steroid dienone is 6. The molecule has 9 nitrogen and oxygen atoms in total. The highest BCUT2D eigenvalue weighted by atomic mass is 32.2. The molecule has 0 bridgehead atoms. The number of hydrazone groups is 1. The number of carbonyl (C=O) groups is 1. The third-order valence-corrected chi connectivity index (χ3v) is 7.74. The molecule has 2 amide bonds. The zero-order valence-electron chi connectivity index (χ0n) is 19.7. The summed E-state index contributed by atoms with van der Waals surface area (Å²) < 4.78 is 29.3. The highest BCUT2D eigenvalue weighted by molar-refractivity contribution is 7.91. The van der Waals surface area contributed by atoms with Gasteiger partial charge in [-0.25, -0.2) is 13.2 Å². The largest absolute Gasteiger partial charge is 0.451 e. The summed E-state index contributed by atoms with van der Waals surface area (Å²) in [6, 6.07) is -0.212. The SMILES string of the molecule is C=N/C(=C\C=C(/C)C1NN=C(C)O1)CN(C(=O)N1CCS(=O)(=O)CC1)C1=CC=C(C)[C@@H](C)C1. The minimum atomic E-state index is -3.09. The number of nitrogens with zero attached hydrogens (tertiary/aromatic N) is 4. The smallest absolute Gasteiger partial charge is 0.324 e. The maximum absolute atomic E-state index is 13.5. The molecule has 1 N–H and O–H groups in total. The van der Waals surface area contributed by atoms with Crippen LogP contribution in [0.15, 0.2) is 56.9 Å². The van der Waals surface area contributed by atoms with Gasteiger partial charge in [0.25, 0.3) is 0 Å². The van der Waals surface area contributed by atoms with Crippen LogP contribution in [0.2, 0.25) is 0 Å². The van der Waals surface area contributed by atoms with Crippen LogP contribution in [0, 0.1) is 5.92 Å². The van der Waals surface area contributed by atoms with Gasteiger partial charge in [0.15, 0.2) is 9.84 Å². The number of nitrogens with one attached hydrogen (secondary N) is 1. The van der Waals surface area contributed by atoms with Gasteiger partial charge in [-0.15, -0.1) is 5.10 Å². The minimum Gasteiger partial charge on any atom is -0.451 e. The zero-order chi connectivity index (χ0) is 24.2. The van der Waals surface area contributed by atoms with Gasteiger partial charge < -0.3 is 9.64 Å². The van der Waals surface area contributed by atoms with E-state index in [-0.39, 0.29) is 43.4 Å². The van der Waals surface area contributed by atoms with Crippen LogP contribution in [0.4, 0.5) is 4.79 Å². The molecule has 2 aliphatic heterocycles. The van der Waals surface area contributed by atoms with Crippen molar-refractivity contribution in [2.75, 3.05) is 31.1 Å². The van der Waals surface area contributed by atoms with Gasteiger partial charge in [-0.05, 0) is 50.6 Å². The summed E-state index contributed by atoms with van der Waals surface area (Å²) in [5.41, 5.74) is 6.56. The lowest BCUT2D eigenvalue weighted by molar-refractivity contribution is 0.170. The van der Waals surface area contributed by atoms with Gasteiger partial charge in [0.2, 0.25) is 12.1 Å². The van der Waals surface area contributed by atoms with E-state index >= 15 is 0 Å². The van der Waals surface area contributed by atoms with Crippen LogP contribution in [0.1, 0.15) is 34.1 Å². The molecule has 0 radical (unpaired) electrons. The summed E-state index contributed by atoms with van der Waals surface area (Å²) in [6.07, 6.45) is 8.06. The van der Waals surface area contributed by atoms with E-state index in [2.05, 4.69) is 36.1 Å². The molecule has 2 heterocycles. The van der Waals surface area contributed by atoms with Crippen LogP contribution in [0.3, 0.4) is 0 Å². The topological polar surface area (TPSA) is 104 Å². The van der Waals surface area contributed by atoms with Gasteiger partial charge >= 0.3 is 6.03 Å². The van der Waals surface area contributed by atoms with E-state index < -0.39 is 9.84 Å². The number of aliphatic imine (C=N–C) groups is 1. The third kappa shape index (κ3) is 6.34. The molecule has 180 valence electrons. The van der Waals surface area contributed by atoms with Crippen molar-refractivity contribution < 1.29 is 17.9 Å².